The Kier molecular flexibility index (Phi) is 4.17. The highest BCUT2D eigenvalue weighted by molar-refractivity contribution is 9.10. The normalized spacial score (nSPS) is 12.2. The van der Waals surface area contributed by atoms with E-state index in [2.05, 4.69) is 22.5 Å². The fourth-order valence-electron chi connectivity index (χ4n) is 1.13. The molecule has 0 saturated carbocycles. The van der Waals surface area contributed by atoms with Crippen LogP contribution in [0.4, 0.5) is 0 Å². The minimum atomic E-state index is -0.535. The molecule has 0 unspecified atom stereocenters. The minimum absolute atomic E-state index is 0.446. The Morgan fingerprint density at radius 2 is 2.36 bits per heavy atom. The molecule has 1 N–H and O–H groups in total. The highest BCUT2D eigenvalue weighted by Gasteiger charge is 2.08. The van der Waals surface area contributed by atoms with Crippen LogP contribution in [-0.4, -0.2) is 11.7 Å². The summed E-state index contributed by atoms with van der Waals surface area (Å²) in [6.07, 6.45) is 1.14. The molecule has 0 aliphatic heterocycles. The standard InChI is InChI=1S/C11H13BrO2/c1-3-6-14-11-5-4-9(12)7-10(11)8(2)13/h3-5,7-8,13H,1,6H2,2H3/t8-/m0/s1. The molecule has 0 heterocycles. The summed E-state index contributed by atoms with van der Waals surface area (Å²) in [7, 11) is 0. The van der Waals surface area contributed by atoms with Gasteiger partial charge < -0.3 is 9.84 Å². The third kappa shape index (κ3) is 2.86. The molecule has 1 rings (SSSR count). The lowest BCUT2D eigenvalue weighted by atomic mass is 10.1. The molecule has 0 spiro atoms. The Balaban J connectivity index is 2.95. The summed E-state index contributed by atoms with van der Waals surface area (Å²) in [5.41, 5.74) is 0.779. The van der Waals surface area contributed by atoms with E-state index in [-0.39, 0.29) is 0 Å². The highest BCUT2D eigenvalue weighted by atomic mass is 79.9. The van der Waals surface area contributed by atoms with Crippen molar-refractivity contribution in [1.82, 2.24) is 0 Å². The van der Waals surface area contributed by atoms with E-state index in [0.717, 1.165) is 10.0 Å². The Labute approximate surface area is 92.3 Å². The first-order chi connectivity index (χ1) is 6.65. The van der Waals surface area contributed by atoms with Crippen molar-refractivity contribution in [3.63, 3.8) is 0 Å². The van der Waals surface area contributed by atoms with E-state index in [1.54, 1.807) is 13.0 Å². The smallest absolute Gasteiger partial charge is 0.125 e. The Morgan fingerprint density at radius 3 is 2.93 bits per heavy atom. The summed E-state index contributed by atoms with van der Waals surface area (Å²) >= 11 is 3.35. The van der Waals surface area contributed by atoms with E-state index >= 15 is 0 Å². The molecular weight excluding hydrogens is 244 g/mol. The van der Waals surface area contributed by atoms with E-state index in [1.165, 1.54) is 0 Å². The van der Waals surface area contributed by atoms with Crippen molar-refractivity contribution in [3.05, 3.63) is 40.9 Å². The summed E-state index contributed by atoms with van der Waals surface area (Å²) in [6, 6.07) is 5.56. The van der Waals surface area contributed by atoms with Crippen molar-refractivity contribution in [1.29, 1.82) is 0 Å². The lowest BCUT2D eigenvalue weighted by Crippen LogP contribution is -2.00. The van der Waals surface area contributed by atoms with Crippen LogP contribution in [-0.2, 0) is 0 Å². The Bertz CT molecular complexity index is 321. The zero-order valence-electron chi connectivity index (χ0n) is 8.03. The van der Waals surface area contributed by atoms with E-state index < -0.39 is 6.10 Å². The van der Waals surface area contributed by atoms with Gasteiger partial charge in [-0.05, 0) is 25.1 Å². The van der Waals surface area contributed by atoms with Gasteiger partial charge in [-0.3, -0.25) is 0 Å². The van der Waals surface area contributed by atoms with Gasteiger partial charge in [0.25, 0.3) is 0 Å². The molecule has 0 aliphatic rings. The van der Waals surface area contributed by atoms with Gasteiger partial charge in [0.05, 0.1) is 6.10 Å². The lowest BCUT2D eigenvalue weighted by molar-refractivity contribution is 0.193. The summed E-state index contributed by atoms with van der Waals surface area (Å²) in [4.78, 5) is 0. The van der Waals surface area contributed by atoms with Gasteiger partial charge >= 0.3 is 0 Å². The number of benzene rings is 1. The van der Waals surface area contributed by atoms with Crippen LogP contribution in [0.1, 0.15) is 18.6 Å². The van der Waals surface area contributed by atoms with Gasteiger partial charge in [0, 0.05) is 10.0 Å². The zero-order chi connectivity index (χ0) is 10.6. The molecule has 0 fully saturated rings. The average molecular weight is 257 g/mol. The van der Waals surface area contributed by atoms with Crippen molar-refractivity contribution >= 4 is 15.9 Å². The average Bonchev–Trinajstić information content (AvgIpc) is 2.15. The molecule has 2 nitrogen and oxygen atoms in total. The number of aliphatic hydroxyl groups excluding tert-OH is 1. The number of halogens is 1. The number of hydrogen-bond donors (Lipinski definition) is 1. The van der Waals surface area contributed by atoms with E-state index in [4.69, 9.17) is 4.74 Å². The first-order valence-corrected chi connectivity index (χ1v) is 5.15. The van der Waals surface area contributed by atoms with Crippen LogP contribution >= 0.6 is 15.9 Å². The molecule has 0 saturated heterocycles. The van der Waals surface area contributed by atoms with Crippen LogP contribution < -0.4 is 4.74 Å². The molecule has 0 bridgehead atoms. The van der Waals surface area contributed by atoms with Gasteiger partial charge in [-0.2, -0.15) is 0 Å². The van der Waals surface area contributed by atoms with Gasteiger partial charge in [-0.1, -0.05) is 28.6 Å². The predicted molar refractivity (Wildman–Crippen MR) is 60.5 cm³/mol. The summed E-state index contributed by atoms with van der Waals surface area (Å²) in [5.74, 6) is 0.697. The zero-order valence-corrected chi connectivity index (χ0v) is 9.62. The van der Waals surface area contributed by atoms with Crippen molar-refractivity contribution in [3.8, 4) is 5.75 Å². The molecule has 0 amide bonds. The first kappa shape index (κ1) is 11.3. The van der Waals surface area contributed by atoms with Gasteiger partial charge in [0.1, 0.15) is 12.4 Å². The molecule has 0 radical (unpaired) electrons. The summed E-state index contributed by atoms with van der Waals surface area (Å²) < 4.78 is 6.33. The molecule has 3 heteroatoms. The molecule has 0 aliphatic carbocycles. The molecular formula is C11H13BrO2. The predicted octanol–water partition coefficient (Wildman–Crippen LogP) is 3.07. The van der Waals surface area contributed by atoms with Crippen LogP contribution in [0, 0.1) is 0 Å². The second kappa shape index (κ2) is 5.17. The van der Waals surface area contributed by atoms with Gasteiger partial charge in [0.15, 0.2) is 0 Å². The number of rotatable bonds is 4. The maximum absolute atomic E-state index is 9.50. The first-order valence-electron chi connectivity index (χ1n) is 4.36. The fourth-order valence-corrected chi connectivity index (χ4v) is 1.50. The third-order valence-electron chi connectivity index (χ3n) is 1.78. The van der Waals surface area contributed by atoms with Crippen LogP contribution in [0.2, 0.25) is 0 Å². The third-order valence-corrected chi connectivity index (χ3v) is 2.27. The van der Waals surface area contributed by atoms with E-state index in [0.29, 0.717) is 12.4 Å². The highest BCUT2D eigenvalue weighted by Crippen LogP contribution is 2.28. The summed E-state index contributed by atoms with van der Waals surface area (Å²) in [5, 5.41) is 9.50. The fraction of sp³-hybridized carbons (Fsp3) is 0.273. The van der Waals surface area contributed by atoms with Crippen molar-refractivity contribution in [2.24, 2.45) is 0 Å². The van der Waals surface area contributed by atoms with Gasteiger partial charge in [0.2, 0.25) is 0 Å². The molecule has 0 aromatic heterocycles. The minimum Gasteiger partial charge on any atom is -0.489 e. The maximum atomic E-state index is 9.50. The number of ether oxygens (including phenoxy) is 1. The second-order valence-electron chi connectivity index (χ2n) is 2.96. The summed E-state index contributed by atoms with van der Waals surface area (Å²) in [6.45, 7) is 5.73. The second-order valence-corrected chi connectivity index (χ2v) is 3.87. The van der Waals surface area contributed by atoms with Crippen LogP contribution in [0.5, 0.6) is 5.75 Å². The maximum Gasteiger partial charge on any atom is 0.125 e. The lowest BCUT2D eigenvalue weighted by Gasteiger charge is -2.12. The van der Waals surface area contributed by atoms with Crippen LogP contribution in [0.15, 0.2) is 35.3 Å². The quantitative estimate of drug-likeness (QED) is 0.840. The van der Waals surface area contributed by atoms with Gasteiger partial charge in [-0.25, -0.2) is 0 Å². The molecule has 1 aromatic rings. The van der Waals surface area contributed by atoms with Crippen molar-refractivity contribution in [2.75, 3.05) is 6.61 Å². The SMILES string of the molecule is C=CCOc1ccc(Br)cc1[C@H](C)O. The van der Waals surface area contributed by atoms with Gasteiger partial charge in [-0.15, -0.1) is 0 Å². The Morgan fingerprint density at radius 1 is 1.64 bits per heavy atom. The van der Waals surface area contributed by atoms with E-state index in [9.17, 15) is 5.11 Å². The number of aliphatic hydroxyl groups is 1. The van der Waals surface area contributed by atoms with Crippen LogP contribution in [0.25, 0.3) is 0 Å². The molecule has 1 aromatic carbocycles. The number of hydrogen-bond acceptors (Lipinski definition) is 2. The van der Waals surface area contributed by atoms with E-state index in [1.807, 2.05) is 18.2 Å². The largest absolute Gasteiger partial charge is 0.489 e. The van der Waals surface area contributed by atoms with Crippen molar-refractivity contribution in [2.45, 2.75) is 13.0 Å². The monoisotopic (exact) mass is 256 g/mol. The molecule has 1 atom stereocenters. The van der Waals surface area contributed by atoms with Crippen LogP contribution in [0.3, 0.4) is 0 Å². The van der Waals surface area contributed by atoms with Crippen molar-refractivity contribution < 1.29 is 9.84 Å². The molecule has 14 heavy (non-hydrogen) atoms. The Hall–Kier alpha value is -0.800. The topological polar surface area (TPSA) is 29.5 Å². The molecule has 76 valence electrons.